The van der Waals surface area contributed by atoms with Gasteiger partial charge in [0, 0.05) is 60.4 Å². The smallest absolute Gasteiger partial charge is 0.491 e. The fraction of sp³-hybridized carbons (Fsp3) is 0.250. The van der Waals surface area contributed by atoms with Gasteiger partial charge in [-0.3, -0.25) is 9.78 Å². The third kappa shape index (κ3) is 6.20. The van der Waals surface area contributed by atoms with Crippen molar-refractivity contribution in [2.45, 2.75) is 24.9 Å². The van der Waals surface area contributed by atoms with E-state index in [1.165, 1.54) is 12.4 Å². The lowest BCUT2D eigenvalue weighted by atomic mass is 9.89. The summed E-state index contributed by atoms with van der Waals surface area (Å²) in [5.74, 6) is -3.18. The minimum atomic E-state index is -5.26. The third-order valence-electron chi connectivity index (χ3n) is 5.36. The molecule has 0 bridgehead atoms. The van der Waals surface area contributed by atoms with Crippen LogP contribution < -0.4 is 10.1 Å². The molecule has 36 heavy (non-hydrogen) atoms. The molecule has 1 aromatic carbocycles. The molecule has 4 aromatic rings. The fourth-order valence-electron chi connectivity index (χ4n) is 3.71. The maximum Gasteiger partial charge on any atom is 0.491 e. The molecule has 188 valence electrons. The molecule has 0 radical (unpaired) electrons. The average Bonchev–Trinajstić information content (AvgIpc) is 3.52. The first kappa shape index (κ1) is 24.8. The van der Waals surface area contributed by atoms with Crippen LogP contribution in [0, 0.1) is 0 Å². The molecule has 0 aliphatic rings. The van der Waals surface area contributed by atoms with Crippen molar-refractivity contribution in [3.05, 3.63) is 72.4 Å². The van der Waals surface area contributed by atoms with Crippen LogP contribution >= 0.6 is 0 Å². The van der Waals surface area contributed by atoms with Gasteiger partial charge in [-0.25, -0.2) is 9.78 Å². The van der Waals surface area contributed by atoms with Gasteiger partial charge in [0.2, 0.25) is 0 Å². The number of esters is 2. The number of halogens is 3. The number of hydrogen-bond acceptors (Lipinski definition) is 7. The summed E-state index contributed by atoms with van der Waals surface area (Å²) in [4.78, 5) is 37.4. The zero-order chi connectivity index (χ0) is 25.5. The van der Waals surface area contributed by atoms with E-state index < -0.39 is 30.5 Å². The van der Waals surface area contributed by atoms with E-state index in [1.807, 2.05) is 0 Å². The summed E-state index contributed by atoms with van der Waals surface area (Å²) in [6.07, 6.45) is 3.08. The summed E-state index contributed by atoms with van der Waals surface area (Å²) < 4.78 is 47.4. The number of nitrogens with zero attached hydrogens (tertiary/aromatic N) is 2. The Morgan fingerprint density at radius 3 is 2.61 bits per heavy atom. The fourth-order valence-corrected chi connectivity index (χ4v) is 3.71. The molecule has 0 aliphatic carbocycles. The van der Waals surface area contributed by atoms with E-state index in [0.29, 0.717) is 36.0 Å². The van der Waals surface area contributed by atoms with Crippen LogP contribution in [0.3, 0.4) is 0 Å². The Labute approximate surface area is 203 Å². The van der Waals surface area contributed by atoms with E-state index in [2.05, 4.69) is 30.0 Å². The average molecular weight is 501 g/mol. The Kier molecular flexibility index (Phi) is 7.52. The normalized spacial score (nSPS) is 12.3. The predicted molar refractivity (Wildman–Crippen MR) is 123 cm³/mol. The summed E-state index contributed by atoms with van der Waals surface area (Å²) in [7, 11) is 0. The largest absolute Gasteiger partial charge is 0.493 e. The van der Waals surface area contributed by atoms with Gasteiger partial charge in [-0.15, -0.1) is 0 Å². The summed E-state index contributed by atoms with van der Waals surface area (Å²) in [6.45, 7) is 1.13. The second-order valence-corrected chi connectivity index (χ2v) is 7.81. The van der Waals surface area contributed by atoms with Gasteiger partial charge in [-0.05, 0) is 41.8 Å². The number of aromatic nitrogens is 4. The van der Waals surface area contributed by atoms with Gasteiger partial charge in [-0.1, -0.05) is 0 Å². The van der Waals surface area contributed by atoms with Crippen molar-refractivity contribution in [1.82, 2.24) is 19.9 Å². The van der Waals surface area contributed by atoms with Gasteiger partial charge in [-0.2, -0.15) is 13.2 Å². The molecule has 0 fully saturated rings. The van der Waals surface area contributed by atoms with Crippen molar-refractivity contribution in [1.29, 1.82) is 0 Å². The lowest BCUT2D eigenvalue weighted by Gasteiger charge is -2.16. The zero-order valence-corrected chi connectivity index (χ0v) is 18.8. The number of carbonyl (C=O) groups is 2. The first-order valence-electron chi connectivity index (χ1n) is 11.0. The summed E-state index contributed by atoms with van der Waals surface area (Å²) >= 11 is 0. The van der Waals surface area contributed by atoms with E-state index in [-0.39, 0.29) is 0 Å². The second kappa shape index (κ2) is 10.9. The van der Waals surface area contributed by atoms with Gasteiger partial charge in [0.25, 0.3) is 0 Å². The van der Waals surface area contributed by atoms with Gasteiger partial charge < -0.3 is 24.8 Å². The molecule has 9 nitrogen and oxygen atoms in total. The van der Waals surface area contributed by atoms with E-state index in [0.717, 1.165) is 17.3 Å². The van der Waals surface area contributed by atoms with Crippen LogP contribution in [0.1, 0.15) is 29.9 Å². The number of rotatable bonds is 10. The van der Waals surface area contributed by atoms with Crippen LogP contribution in [0.4, 0.5) is 19.1 Å². The number of carbonyl (C=O) groups excluding carboxylic acids is 2. The molecule has 0 amide bonds. The van der Waals surface area contributed by atoms with Crippen LogP contribution in [0.5, 0.6) is 5.75 Å². The third-order valence-corrected chi connectivity index (χ3v) is 5.36. The molecule has 0 saturated carbocycles. The minimum absolute atomic E-state index is 0.464. The van der Waals surface area contributed by atoms with Crippen molar-refractivity contribution in [3.8, 4) is 5.75 Å². The number of benzene rings is 1. The number of ether oxygens (including phenoxy) is 2. The molecule has 3 heterocycles. The number of hydrogen-bond donors (Lipinski definition) is 3. The minimum Gasteiger partial charge on any atom is -0.493 e. The van der Waals surface area contributed by atoms with Gasteiger partial charge in [0.1, 0.15) is 5.75 Å². The Hall–Kier alpha value is -4.35. The predicted octanol–water partition coefficient (Wildman–Crippen LogP) is 4.32. The molecular formula is C24H22F3N5O4. The monoisotopic (exact) mass is 501 g/mol. The van der Waals surface area contributed by atoms with Crippen LogP contribution in [0.2, 0.25) is 0 Å². The molecule has 4 rings (SSSR count). The van der Waals surface area contributed by atoms with Crippen molar-refractivity contribution in [3.63, 3.8) is 0 Å². The van der Waals surface area contributed by atoms with Crippen LogP contribution in [-0.2, 0) is 14.3 Å². The van der Waals surface area contributed by atoms with Crippen LogP contribution in [-0.4, -0.2) is 51.2 Å². The molecule has 1 atom stereocenters. The number of alkyl halides is 3. The first-order valence-corrected chi connectivity index (χ1v) is 11.0. The number of aromatic amines is 2. The van der Waals surface area contributed by atoms with Crippen molar-refractivity contribution in [2.24, 2.45) is 0 Å². The van der Waals surface area contributed by atoms with Crippen LogP contribution in [0.15, 0.2) is 61.3 Å². The lowest BCUT2D eigenvalue weighted by Crippen LogP contribution is -2.28. The Morgan fingerprint density at radius 1 is 1.08 bits per heavy atom. The molecule has 3 aromatic heterocycles. The number of H-pyrrole nitrogens is 2. The zero-order valence-electron chi connectivity index (χ0n) is 18.8. The molecular weight excluding hydrogens is 479 g/mol. The number of fused-ring (bicyclic) bond motifs is 1. The highest BCUT2D eigenvalue weighted by Gasteiger charge is 2.42. The summed E-state index contributed by atoms with van der Waals surface area (Å²) in [6, 6.07) is 8.67. The van der Waals surface area contributed by atoms with Gasteiger partial charge in [0.15, 0.2) is 5.95 Å². The molecule has 12 heteroatoms. The number of imidazole rings is 1. The number of nitrogens with one attached hydrogen (secondary N) is 3. The van der Waals surface area contributed by atoms with E-state index in [9.17, 15) is 22.8 Å². The van der Waals surface area contributed by atoms with Gasteiger partial charge in [0.05, 0.1) is 13.0 Å². The molecule has 0 aliphatic heterocycles. The van der Waals surface area contributed by atoms with Crippen molar-refractivity contribution < 1.29 is 32.2 Å². The molecule has 3 N–H and O–H groups in total. The van der Waals surface area contributed by atoms with E-state index >= 15 is 0 Å². The Balaban J connectivity index is 1.46. The highest BCUT2D eigenvalue weighted by molar-refractivity contribution is 5.90. The Morgan fingerprint density at radius 2 is 1.89 bits per heavy atom. The lowest BCUT2D eigenvalue weighted by molar-refractivity contribution is -0.201. The second-order valence-electron chi connectivity index (χ2n) is 7.81. The maximum absolute atomic E-state index is 12.5. The molecule has 1 unspecified atom stereocenters. The molecule has 0 saturated heterocycles. The highest BCUT2D eigenvalue weighted by atomic mass is 19.4. The SMILES string of the molecule is O=C(CC(c1ccncc1)c1c[nH]c2cc(OCCCNc3ncc[nH]3)ccc12)OC(=O)C(F)(F)F. The standard InChI is InChI=1S/C24H22F3N5O4/c25-24(26,27)22(34)36-21(33)13-18(15-4-7-28-8-5-15)19-14-32-20-12-16(2-3-17(19)20)35-11-1-6-29-23-30-9-10-31-23/h2-5,7-10,12,14,18,32H,1,6,11,13H2,(H2,29,30,31). The highest BCUT2D eigenvalue weighted by Crippen LogP contribution is 2.35. The number of pyridine rings is 1. The van der Waals surface area contributed by atoms with Crippen molar-refractivity contribution >= 4 is 28.8 Å². The summed E-state index contributed by atoms with van der Waals surface area (Å²) in [5.41, 5.74) is 2.00. The van der Waals surface area contributed by atoms with Crippen LogP contribution in [0.25, 0.3) is 10.9 Å². The topological polar surface area (TPSA) is 122 Å². The quantitative estimate of drug-likeness (QED) is 0.168. The summed E-state index contributed by atoms with van der Waals surface area (Å²) in [5, 5.41) is 3.88. The first-order chi connectivity index (χ1) is 17.3. The Bertz CT molecular complexity index is 1310. The van der Waals surface area contributed by atoms with Gasteiger partial charge >= 0.3 is 18.1 Å². The van der Waals surface area contributed by atoms with E-state index in [4.69, 9.17) is 4.74 Å². The maximum atomic E-state index is 12.5. The molecule has 0 spiro atoms. The van der Waals surface area contributed by atoms with E-state index in [1.54, 1.807) is 48.9 Å². The van der Waals surface area contributed by atoms with Crippen molar-refractivity contribution in [2.75, 3.05) is 18.5 Å². The number of anilines is 1.